The molecule has 8 rings (SSSR count). The van der Waals surface area contributed by atoms with Crippen LogP contribution in [0, 0.1) is 0 Å². The normalized spacial score (nSPS) is 12.3. The Hall–Kier alpha value is -4.00. The van der Waals surface area contributed by atoms with Gasteiger partial charge in [-0.25, -0.2) is 0 Å². The van der Waals surface area contributed by atoms with Crippen molar-refractivity contribution in [3.63, 3.8) is 0 Å². The van der Waals surface area contributed by atoms with Gasteiger partial charge in [0.1, 0.15) is 0 Å². The number of benzene rings is 8. The molecule has 0 N–H and O–H groups in total. The topological polar surface area (TPSA) is 0 Å². The summed E-state index contributed by atoms with van der Waals surface area (Å²) in [6.45, 7) is 0. The second-order valence-corrected chi connectivity index (χ2v) is 24.0. The van der Waals surface area contributed by atoms with Crippen molar-refractivity contribution in [2.45, 2.75) is 24.2 Å². The van der Waals surface area contributed by atoms with Crippen LogP contribution in [0.4, 0.5) is 0 Å². The summed E-state index contributed by atoms with van der Waals surface area (Å²) in [6.07, 6.45) is 4.60. The van der Waals surface area contributed by atoms with Crippen molar-refractivity contribution < 1.29 is 17.1 Å². The van der Waals surface area contributed by atoms with Gasteiger partial charge in [0.05, 0.1) is 0 Å². The molecule has 294 valence electrons. The van der Waals surface area contributed by atoms with Crippen LogP contribution in [-0.4, -0.2) is 23.6 Å². The van der Waals surface area contributed by atoms with Gasteiger partial charge in [-0.1, -0.05) is 243 Å². The Morgan fingerprint density at radius 2 is 0.407 bits per heavy atom. The molecule has 0 aromatic heterocycles. The number of rotatable bonds is 17. The maximum absolute atomic E-state index is 2.40. The summed E-state index contributed by atoms with van der Waals surface area (Å²) in [5.74, 6) is 0. The van der Waals surface area contributed by atoms with Gasteiger partial charge in [-0.3, -0.25) is 0 Å². The zero-order valence-electron chi connectivity index (χ0n) is 33.2. The van der Waals surface area contributed by atoms with Crippen LogP contribution in [0.5, 0.6) is 0 Å². The van der Waals surface area contributed by atoms with E-state index in [0.29, 0.717) is 11.3 Å². The molecule has 2 atom stereocenters. The molecule has 0 radical (unpaired) electrons. The van der Waals surface area contributed by atoms with E-state index in [4.69, 9.17) is 0 Å². The van der Waals surface area contributed by atoms with Crippen LogP contribution in [0.3, 0.4) is 0 Å². The molecule has 0 saturated carbocycles. The summed E-state index contributed by atoms with van der Waals surface area (Å²) in [4.78, 5) is 0. The molecular weight excluding hydrogens is 828 g/mol. The molecule has 0 heterocycles. The average molecular weight is 879 g/mol. The van der Waals surface area contributed by atoms with E-state index in [0.717, 1.165) is 25.2 Å². The molecule has 8 aromatic rings. The Balaban J connectivity index is 0.00000528. The van der Waals surface area contributed by atoms with Crippen molar-refractivity contribution in [3.8, 4) is 0 Å². The molecule has 0 nitrogen and oxygen atoms in total. The van der Waals surface area contributed by atoms with Gasteiger partial charge in [-0.15, -0.1) is 0 Å². The maximum atomic E-state index is 2.40. The molecule has 0 spiro atoms. The van der Waals surface area contributed by atoms with Crippen LogP contribution in [0.1, 0.15) is 12.8 Å². The van der Waals surface area contributed by atoms with E-state index >= 15 is 0 Å². The zero-order valence-corrected chi connectivity index (χ0v) is 37.9. The van der Waals surface area contributed by atoms with Crippen molar-refractivity contribution in [2.24, 2.45) is 0 Å². The van der Waals surface area contributed by atoms with Gasteiger partial charge in [0.25, 0.3) is 0 Å². The number of hydrogen-bond acceptors (Lipinski definition) is 0. The van der Waals surface area contributed by atoms with Crippen LogP contribution in [0.25, 0.3) is 0 Å². The average Bonchev–Trinajstić information content (AvgIpc) is 3.31. The molecule has 0 amide bonds. The van der Waals surface area contributed by atoms with E-state index in [9.17, 15) is 0 Å². The van der Waals surface area contributed by atoms with Crippen LogP contribution < -0.4 is 42.4 Å². The van der Waals surface area contributed by atoms with Gasteiger partial charge < -0.3 is 0 Å². The van der Waals surface area contributed by atoms with Crippen LogP contribution >= 0.6 is 31.7 Å². The molecule has 0 aliphatic rings. The predicted molar refractivity (Wildman–Crippen MR) is 263 cm³/mol. The second kappa shape index (κ2) is 22.6. The minimum atomic E-state index is -0.665. The second-order valence-electron chi connectivity index (χ2n) is 14.5. The molecule has 0 fully saturated rings. The molecular formula is C54H50FeP4. The maximum Gasteiger partial charge on any atom is 0 e. The summed E-state index contributed by atoms with van der Waals surface area (Å²) >= 11 is 0. The van der Waals surface area contributed by atoms with Gasteiger partial charge in [-0.05, 0) is 111 Å². The Morgan fingerprint density at radius 1 is 0.237 bits per heavy atom. The Kier molecular flexibility index (Phi) is 16.5. The van der Waals surface area contributed by atoms with E-state index < -0.39 is 31.7 Å². The molecule has 0 aliphatic heterocycles. The number of hydrogen-bond donors (Lipinski definition) is 0. The van der Waals surface area contributed by atoms with Crippen molar-refractivity contribution in [1.82, 2.24) is 0 Å². The Labute approximate surface area is 368 Å². The van der Waals surface area contributed by atoms with Gasteiger partial charge in [0.15, 0.2) is 0 Å². The van der Waals surface area contributed by atoms with Gasteiger partial charge in [-0.2, -0.15) is 0 Å². The van der Waals surface area contributed by atoms with Gasteiger partial charge >= 0.3 is 0 Å². The first-order chi connectivity index (χ1) is 28.8. The molecule has 0 aliphatic carbocycles. The third-order valence-electron chi connectivity index (χ3n) is 10.8. The van der Waals surface area contributed by atoms with Gasteiger partial charge in [0.2, 0.25) is 0 Å². The molecule has 2 unspecified atom stereocenters. The SMILES string of the molecule is [Fe].c1ccc(P(CC(CCC(CP(c2ccccc2)c2ccccc2)P(c2ccccc2)c2ccccc2)P(c2ccccc2)c2ccccc2)c2ccccc2)cc1. The van der Waals surface area contributed by atoms with E-state index in [1.54, 1.807) is 0 Å². The molecule has 5 heteroatoms. The van der Waals surface area contributed by atoms with Crippen molar-refractivity contribution >= 4 is 74.1 Å². The quantitative estimate of drug-likeness (QED) is 0.0632. The fourth-order valence-electron chi connectivity index (χ4n) is 8.06. The van der Waals surface area contributed by atoms with E-state index in [1.807, 2.05) is 0 Å². The first-order valence-electron chi connectivity index (χ1n) is 20.4. The van der Waals surface area contributed by atoms with Crippen LogP contribution in [-0.2, 0) is 17.1 Å². The van der Waals surface area contributed by atoms with Gasteiger partial charge in [0, 0.05) is 17.1 Å². The summed E-state index contributed by atoms with van der Waals surface area (Å²) in [6, 6.07) is 91.5. The van der Waals surface area contributed by atoms with Crippen LogP contribution in [0.2, 0.25) is 0 Å². The molecule has 0 saturated heterocycles. The summed E-state index contributed by atoms with van der Waals surface area (Å²) in [7, 11) is -2.53. The minimum absolute atomic E-state index is 0. The van der Waals surface area contributed by atoms with E-state index in [2.05, 4.69) is 243 Å². The predicted octanol–water partition coefficient (Wildman–Crippen LogP) is 11.0. The Bertz CT molecular complexity index is 2020. The summed E-state index contributed by atoms with van der Waals surface area (Å²) in [5, 5.41) is 11.8. The van der Waals surface area contributed by atoms with E-state index in [-0.39, 0.29) is 17.1 Å². The summed E-state index contributed by atoms with van der Waals surface area (Å²) < 4.78 is 0. The summed E-state index contributed by atoms with van der Waals surface area (Å²) in [5.41, 5.74) is 0.939. The molecule has 0 bridgehead atoms. The fraction of sp³-hybridized carbons (Fsp3) is 0.111. The van der Waals surface area contributed by atoms with Crippen molar-refractivity contribution in [1.29, 1.82) is 0 Å². The smallest absolute Gasteiger partial charge is 0 e. The van der Waals surface area contributed by atoms with E-state index in [1.165, 1.54) is 42.4 Å². The standard InChI is InChI=1S/C54H50P4.Fe/c1-9-25-45(26-10-1)55(46-27-11-2-12-28-46)43-53(57(49-33-17-5-18-34-49)50-35-19-6-20-36-50)41-42-54(58(51-37-21-7-22-38-51)52-39-23-8-24-40-52)44-56(47-29-13-3-14-30-47)48-31-15-4-16-32-48;/h1-40,53-54H,41-44H2;. The first-order valence-corrected chi connectivity index (χ1v) is 26.2. The third-order valence-corrected chi connectivity index (χ3v) is 22.4. The fourth-order valence-corrected chi connectivity index (χ4v) is 20.2. The largest absolute Gasteiger partial charge is 0.0622 e. The third kappa shape index (κ3) is 11.4. The molecule has 8 aromatic carbocycles. The Morgan fingerprint density at radius 3 is 0.593 bits per heavy atom. The molecule has 59 heavy (non-hydrogen) atoms. The minimum Gasteiger partial charge on any atom is -0.0622 e. The first kappa shape index (κ1) is 43.1. The van der Waals surface area contributed by atoms with Crippen molar-refractivity contribution in [2.75, 3.05) is 12.3 Å². The van der Waals surface area contributed by atoms with Crippen molar-refractivity contribution in [3.05, 3.63) is 243 Å². The van der Waals surface area contributed by atoms with Crippen LogP contribution in [0.15, 0.2) is 243 Å². The monoisotopic (exact) mass is 878 g/mol. The zero-order chi connectivity index (χ0) is 39.2.